The standard InChI is InChI=1S/C12H17ClNO.HI/c1-14(2,3)9-8-12(15)10-4-6-11(13)7-5-10;/h4-7H,8-9H2,1-3H3;1H/q+1;/p-1. The lowest BCUT2D eigenvalue weighted by Crippen LogP contribution is -3.00. The van der Waals surface area contributed by atoms with Gasteiger partial charge in [0.15, 0.2) is 5.78 Å². The van der Waals surface area contributed by atoms with Gasteiger partial charge in [-0.2, -0.15) is 0 Å². The molecule has 0 spiro atoms. The summed E-state index contributed by atoms with van der Waals surface area (Å²) < 4.78 is 0.805. The first-order chi connectivity index (χ1) is 6.88. The van der Waals surface area contributed by atoms with E-state index >= 15 is 0 Å². The van der Waals surface area contributed by atoms with Gasteiger partial charge in [-0.05, 0) is 24.3 Å². The first-order valence-electron chi connectivity index (χ1n) is 4.98. The molecule has 0 bridgehead atoms. The van der Waals surface area contributed by atoms with Crippen LogP contribution in [-0.4, -0.2) is 38.0 Å². The van der Waals surface area contributed by atoms with Gasteiger partial charge in [-0.25, -0.2) is 0 Å². The van der Waals surface area contributed by atoms with Gasteiger partial charge in [0, 0.05) is 10.6 Å². The predicted molar refractivity (Wildman–Crippen MR) is 63.3 cm³/mol. The summed E-state index contributed by atoms with van der Waals surface area (Å²) in [6, 6.07) is 7.06. The van der Waals surface area contributed by atoms with Gasteiger partial charge in [0.05, 0.1) is 34.1 Å². The summed E-state index contributed by atoms with van der Waals surface area (Å²) in [4.78, 5) is 11.7. The fraction of sp³-hybridized carbons (Fsp3) is 0.417. The lowest BCUT2D eigenvalue weighted by atomic mass is 10.1. The number of hydrogen-bond acceptors (Lipinski definition) is 1. The molecule has 0 atom stereocenters. The third kappa shape index (κ3) is 5.82. The van der Waals surface area contributed by atoms with E-state index in [4.69, 9.17) is 11.6 Å². The highest BCUT2D eigenvalue weighted by atomic mass is 127. The molecule has 0 saturated carbocycles. The Morgan fingerprint density at radius 1 is 1.19 bits per heavy atom. The summed E-state index contributed by atoms with van der Waals surface area (Å²) in [5, 5.41) is 0.665. The minimum Gasteiger partial charge on any atom is -1.00 e. The van der Waals surface area contributed by atoms with Crippen molar-refractivity contribution in [2.24, 2.45) is 0 Å². The van der Waals surface area contributed by atoms with Crippen LogP contribution in [0, 0.1) is 0 Å². The zero-order valence-electron chi connectivity index (χ0n) is 9.84. The van der Waals surface area contributed by atoms with E-state index in [0.29, 0.717) is 11.4 Å². The highest BCUT2D eigenvalue weighted by Crippen LogP contribution is 2.11. The lowest BCUT2D eigenvalue weighted by Gasteiger charge is -2.23. The largest absolute Gasteiger partial charge is 1.00 e. The second-order valence-corrected chi connectivity index (χ2v) is 5.13. The topological polar surface area (TPSA) is 17.1 Å². The van der Waals surface area contributed by atoms with Crippen molar-refractivity contribution in [1.82, 2.24) is 0 Å². The molecule has 0 N–H and O–H groups in total. The summed E-state index contributed by atoms with van der Waals surface area (Å²) >= 11 is 5.75. The number of nitrogens with zero attached hydrogens (tertiary/aromatic N) is 1. The van der Waals surface area contributed by atoms with Gasteiger partial charge in [-0.1, -0.05) is 11.6 Å². The van der Waals surface area contributed by atoms with Crippen molar-refractivity contribution in [3.8, 4) is 0 Å². The van der Waals surface area contributed by atoms with Crippen LogP contribution in [0.2, 0.25) is 5.02 Å². The fourth-order valence-electron chi connectivity index (χ4n) is 1.22. The SMILES string of the molecule is C[N+](C)(C)CCC(=O)c1ccc(Cl)cc1.[I-]. The highest BCUT2D eigenvalue weighted by Gasteiger charge is 2.12. The minimum absolute atomic E-state index is 0. The highest BCUT2D eigenvalue weighted by molar-refractivity contribution is 6.30. The van der Waals surface area contributed by atoms with E-state index in [0.717, 1.165) is 16.6 Å². The maximum absolute atomic E-state index is 11.7. The van der Waals surface area contributed by atoms with E-state index in [2.05, 4.69) is 21.1 Å². The number of ketones is 1. The summed E-state index contributed by atoms with van der Waals surface area (Å²) in [5.41, 5.74) is 0.743. The monoisotopic (exact) mass is 353 g/mol. The van der Waals surface area contributed by atoms with Gasteiger partial charge in [-0.3, -0.25) is 4.79 Å². The quantitative estimate of drug-likeness (QED) is 0.410. The van der Waals surface area contributed by atoms with Crippen LogP contribution in [0.1, 0.15) is 16.8 Å². The van der Waals surface area contributed by atoms with Crippen molar-refractivity contribution in [2.75, 3.05) is 27.7 Å². The maximum Gasteiger partial charge on any atom is 0.168 e. The molecule has 0 aromatic heterocycles. The van der Waals surface area contributed by atoms with E-state index < -0.39 is 0 Å². The summed E-state index contributed by atoms with van der Waals surface area (Å²) in [5.74, 6) is 0.180. The van der Waals surface area contributed by atoms with Crippen LogP contribution in [0.3, 0.4) is 0 Å². The first-order valence-corrected chi connectivity index (χ1v) is 5.35. The smallest absolute Gasteiger partial charge is 0.168 e. The molecular weight excluding hydrogens is 336 g/mol. The maximum atomic E-state index is 11.7. The van der Waals surface area contributed by atoms with E-state index in [1.165, 1.54) is 0 Å². The van der Waals surface area contributed by atoms with Crippen LogP contribution in [-0.2, 0) is 0 Å². The Morgan fingerprint density at radius 3 is 2.12 bits per heavy atom. The van der Waals surface area contributed by atoms with Crippen molar-refractivity contribution in [3.05, 3.63) is 34.9 Å². The van der Waals surface area contributed by atoms with E-state index in [1.54, 1.807) is 24.3 Å². The zero-order valence-corrected chi connectivity index (χ0v) is 12.7. The van der Waals surface area contributed by atoms with Crippen molar-refractivity contribution >= 4 is 17.4 Å². The van der Waals surface area contributed by atoms with Crippen LogP contribution in [0.25, 0.3) is 0 Å². The molecule has 0 radical (unpaired) electrons. The summed E-state index contributed by atoms with van der Waals surface area (Å²) in [6.45, 7) is 0.849. The van der Waals surface area contributed by atoms with Crippen molar-refractivity contribution < 1.29 is 33.3 Å². The summed E-state index contributed by atoms with van der Waals surface area (Å²) in [7, 11) is 6.24. The van der Waals surface area contributed by atoms with Crippen molar-refractivity contribution in [1.29, 1.82) is 0 Å². The van der Waals surface area contributed by atoms with Crippen LogP contribution in [0.4, 0.5) is 0 Å². The Labute approximate surface area is 119 Å². The predicted octanol–water partition coefficient (Wildman–Crippen LogP) is -0.377. The molecule has 16 heavy (non-hydrogen) atoms. The van der Waals surface area contributed by atoms with E-state index in [9.17, 15) is 4.79 Å². The molecule has 0 unspecified atom stereocenters. The van der Waals surface area contributed by atoms with Gasteiger partial charge in [0.25, 0.3) is 0 Å². The molecule has 1 aromatic rings. The van der Waals surface area contributed by atoms with Gasteiger partial charge in [-0.15, -0.1) is 0 Å². The fourth-order valence-corrected chi connectivity index (χ4v) is 1.34. The molecule has 90 valence electrons. The number of rotatable bonds is 4. The van der Waals surface area contributed by atoms with E-state index in [-0.39, 0.29) is 29.8 Å². The molecule has 0 aliphatic heterocycles. The Balaban J connectivity index is 0.00000225. The average Bonchev–Trinajstić information content (AvgIpc) is 2.14. The number of carbonyl (C=O) groups excluding carboxylic acids is 1. The number of quaternary nitrogens is 1. The second kappa shape index (κ2) is 6.57. The molecule has 0 heterocycles. The number of carbonyl (C=O) groups is 1. The molecule has 4 heteroatoms. The Bertz CT molecular complexity index is 343. The number of hydrogen-bond donors (Lipinski definition) is 0. The average molecular weight is 354 g/mol. The van der Waals surface area contributed by atoms with Crippen LogP contribution < -0.4 is 24.0 Å². The van der Waals surface area contributed by atoms with Crippen molar-refractivity contribution in [2.45, 2.75) is 6.42 Å². The summed E-state index contributed by atoms with van der Waals surface area (Å²) in [6.07, 6.45) is 0.575. The van der Waals surface area contributed by atoms with Gasteiger partial charge >= 0.3 is 0 Å². The Hall–Kier alpha value is -0.130. The normalized spacial score (nSPS) is 10.8. The Morgan fingerprint density at radius 2 is 1.69 bits per heavy atom. The Kier molecular flexibility index (Phi) is 6.51. The lowest BCUT2D eigenvalue weighted by molar-refractivity contribution is -0.869. The molecule has 1 rings (SSSR count). The zero-order chi connectivity index (χ0) is 11.5. The van der Waals surface area contributed by atoms with E-state index in [1.807, 2.05) is 0 Å². The molecule has 0 saturated heterocycles. The second-order valence-electron chi connectivity index (χ2n) is 4.69. The molecule has 1 aromatic carbocycles. The van der Waals surface area contributed by atoms with Gasteiger partial charge in [0.1, 0.15) is 0 Å². The molecule has 0 fully saturated rings. The first kappa shape index (κ1) is 15.9. The molecule has 0 aliphatic rings. The van der Waals surface area contributed by atoms with Crippen molar-refractivity contribution in [3.63, 3.8) is 0 Å². The molecule has 2 nitrogen and oxygen atoms in total. The number of benzene rings is 1. The van der Waals surface area contributed by atoms with Gasteiger partial charge in [0.2, 0.25) is 0 Å². The number of halogens is 2. The third-order valence-corrected chi connectivity index (χ3v) is 2.43. The van der Waals surface area contributed by atoms with Crippen LogP contribution in [0.5, 0.6) is 0 Å². The number of Topliss-reactive ketones (excluding diaryl/α,β-unsaturated/α-hetero) is 1. The third-order valence-electron chi connectivity index (χ3n) is 2.18. The van der Waals surface area contributed by atoms with Crippen LogP contribution >= 0.6 is 11.6 Å². The van der Waals surface area contributed by atoms with Crippen LogP contribution in [0.15, 0.2) is 24.3 Å². The molecule has 0 amide bonds. The minimum atomic E-state index is 0. The van der Waals surface area contributed by atoms with Gasteiger partial charge < -0.3 is 28.5 Å². The molecular formula is C12H17ClINO. The molecule has 0 aliphatic carbocycles.